The maximum Gasteiger partial charge on any atom is 0.184 e. The molecule has 1 unspecified atom stereocenters. The van der Waals surface area contributed by atoms with E-state index < -0.39 is 17.1 Å². The Morgan fingerprint density at radius 3 is 1.92 bits per heavy atom. The maximum atomic E-state index is 6.77. The molecule has 181 valence electrons. The van der Waals surface area contributed by atoms with Crippen molar-refractivity contribution in [1.29, 1.82) is 0 Å². The third kappa shape index (κ3) is 3.76. The van der Waals surface area contributed by atoms with E-state index in [0.717, 1.165) is 6.42 Å². The molecule has 0 aromatic heterocycles. The van der Waals surface area contributed by atoms with Crippen molar-refractivity contribution in [3.05, 3.63) is 112 Å². The van der Waals surface area contributed by atoms with Crippen LogP contribution >= 0.6 is 0 Å². The van der Waals surface area contributed by atoms with Crippen LogP contribution in [-0.4, -0.2) is 17.1 Å². The van der Waals surface area contributed by atoms with Gasteiger partial charge in [-0.2, -0.15) is 0 Å². The van der Waals surface area contributed by atoms with Crippen LogP contribution in [0.5, 0.6) is 0 Å². The molecule has 4 aromatic rings. The minimum absolute atomic E-state index is 0.0928. The van der Waals surface area contributed by atoms with Gasteiger partial charge in [-0.25, -0.2) is 0 Å². The molecule has 2 aliphatic carbocycles. The second kappa shape index (κ2) is 8.69. The van der Waals surface area contributed by atoms with Crippen LogP contribution in [0.15, 0.2) is 78.9 Å². The Morgan fingerprint density at radius 1 is 0.778 bits per heavy atom. The molecule has 0 spiro atoms. The van der Waals surface area contributed by atoms with Gasteiger partial charge in [-0.3, -0.25) is 0 Å². The Labute approximate surface area is 218 Å². The van der Waals surface area contributed by atoms with E-state index in [1.165, 1.54) is 50.1 Å². The summed E-state index contributed by atoms with van der Waals surface area (Å²) in [5.74, 6) is 0.273. The summed E-state index contributed by atoms with van der Waals surface area (Å²) in [5, 5.41) is 1.59. The SMILES string of the molecule is CC(O[Si](C)(C)C)c1cc2c(c(C3c4ccccc4-c4ccccc43)c1[Si](C)C)Cc1ccccc1-2. The Bertz CT molecular complexity index is 1430. The molecule has 0 saturated heterocycles. The van der Waals surface area contributed by atoms with Crippen LogP contribution in [0.1, 0.15) is 52.3 Å². The molecule has 0 N–H and O–H groups in total. The highest BCUT2D eigenvalue weighted by Gasteiger charge is 2.37. The molecule has 1 nitrogen and oxygen atoms in total. The molecule has 6 rings (SSSR count). The van der Waals surface area contributed by atoms with Gasteiger partial charge in [-0.1, -0.05) is 91.1 Å². The van der Waals surface area contributed by atoms with Gasteiger partial charge in [-0.05, 0) is 94.7 Å². The highest BCUT2D eigenvalue weighted by atomic mass is 28.4. The van der Waals surface area contributed by atoms with E-state index in [1.807, 2.05) is 0 Å². The fourth-order valence-electron chi connectivity index (χ4n) is 6.58. The van der Waals surface area contributed by atoms with E-state index in [4.69, 9.17) is 4.43 Å². The molecule has 0 saturated carbocycles. The van der Waals surface area contributed by atoms with Gasteiger partial charge < -0.3 is 4.43 Å². The zero-order valence-electron chi connectivity index (χ0n) is 22.3. The topological polar surface area (TPSA) is 9.23 Å². The number of hydrogen-bond acceptors (Lipinski definition) is 1. The fraction of sp³-hybridized carbons (Fsp3) is 0.273. The van der Waals surface area contributed by atoms with Crippen molar-refractivity contribution in [3.63, 3.8) is 0 Å². The first-order chi connectivity index (χ1) is 17.2. The third-order valence-corrected chi connectivity index (χ3v) is 10.4. The van der Waals surface area contributed by atoms with Crippen LogP contribution in [0.2, 0.25) is 32.7 Å². The van der Waals surface area contributed by atoms with Gasteiger partial charge in [0.05, 0.1) is 14.9 Å². The molecule has 0 bridgehead atoms. The van der Waals surface area contributed by atoms with Crippen molar-refractivity contribution in [2.45, 2.75) is 58.1 Å². The Morgan fingerprint density at radius 2 is 1.33 bits per heavy atom. The van der Waals surface area contributed by atoms with E-state index in [-0.39, 0.29) is 12.0 Å². The van der Waals surface area contributed by atoms with Gasteiger partial charge in [-0.15, -0.1) is 0 Å². The Hall–Kier alpha value is -2.73. The van der Waals surface area contributed by atoms with Crippen molar-refractivity contribution in [3.8, 4) is 22.3 Å². The number of hydrogen-bond donors (Lipinski definition) is 0. The summed E-state index contributed by atoms with van der Waals surface area (Å²) >= 11 is 0. The summed E-state index contributed by atoms with van der Waals surface area (Å²) in [6, 6.07) is 29.7. The van der Waals surface area contributed by atoms with Crippen LogP contribution in [0.3, 0.4) is 0 Å². The average molecular weight is 504 g/mol. The van der Waals surface area contributed by atoms with E-state index >= 15 is 0 Å². The van der Waals surface area contributed by atoms with Crippen molar-refractivity contribution in [2.24, 2.45) is 0 Å². The van der Waals surface area contributed by atoms with E-state index in [2.05, 4.69) is 119 Å². The quantitative estimate of drug-likeness (QED) is 0.215. The largest absolute Gasteiger partial charge is 0.411 e. The zero-order chi connectivity index (χ0) is 25.2. The predicted octanol–water partition coefficient (Wildman–Crippen LogP) is 8.29. The van der Waals surface area contributed by atoms with Crippen LogP contribution < -0.4 is 5.19 Å². The summed E-state index contributed by atoms with van der Waals surface area (Å²) in [6.07, 6.45) is 1.11. The molecular formula is C33H35OSi2. The summed E-state index contributed by atoms with van der Waals surface area (Å²) in [7, 11) is -2.49. The van der Waals surface area contributed by atoms with E-state index in [1.54, 1.807) is 10.8 Å². The maximum absolute atomic E-state index is 6.77. The smallest absolute Gasteiger partial charge is 0.184 e. The monoisotopic (exact) mass is 503 g/mol. The van der Waals surface area contributed by atoms with E-state index in [9.17, 15) is 0 Å². The molecule has 0 amide bonds. The molecule has 4 aromatic carbocycles. The molecule has 1 radical (unpaired) electrons. The minimum atomic E-state index is -1.71. The first-order valence-corrected chi connectivity index (χ1v) is 19.1. The van der Waals surface area contributed by atoms with Crippen LogP contribution in [-0.2, 0) is 10.8 Å². The predicted molar refractivity (Wildman–Crippen MR) is 157 cm³/mol. The van der Waals surface area contributed by atoms with Crippen LogP contribution in [0.25, 0.3) is 22.3 Å². The summed E-state index contributed by atoms with van der Waals surface area (Å²) in [6.45, 7) is 14.1. The van der Waals surface area contributed by atoms with Crippen LogP contribution in [0, 0.1) is 0 Å². The normalized spacial score (nSPS) is 15.0. The molecule has 0 heterocycles. The highest BCUT2D eigenvalue weighted by Crippen LogP contribution is 2.51. The van der Waals surface area contributed by atoms with Crippen molar-refractivity contribution in [2.75, 3.05) is 0 Å². The lowest BCUT2D eigenvalue weighted by atomic mass is 9.83. The van der Waals surface area contributed by atoms with Crippen molar-refractivity contribution < 1.29 is 4.43 Å². The average Bonchev–Trinajstić information content (AvgIpc) is 3.37. The van der Waals surface area contributed by atoms with Gasteiger partial charge in [0, 0.05) is 5.92 Å². The molecule has 0 fully saturated rings. The van der Waals surface area contributed by atoms with Crippen molar-refractivity contribution >= 4 is 22.3 Å². The zero-order valence-corrected chi connectivity index (χ0v) is 24.3. The first kappa shape index (κ1) is 23.7. The molecule has 3 heteroatoms. The van der Waals surface area contributed by atoms with Crippen molar-refractivity contribution in [1.82, 2.24) is 0 Å². The molecule has 2 aliphatic rings. The second-order valence-corrected chi connectivity index (χ2v) is 18.6. The Kier molecular flexibility index (Phi) is 5.71. The Balaban J connectivity index is 1.69. The molecule has 1 atom stereocenters. The van der Waals surface area contributed by atoms with Gasteiger partial charge >= 0.3 is 0 Å². The molecule has 0 aliphatic heterocycles. The number of rotatable bonds is 5. The van der Waals surface area contributed by atoms with Crippen LogP contribution in [0.4, 0.5) is 0 Å². The van der Waals surface area contributed by atoms with Gasteiger partial charge in [0.1, 0.15) is 0 Å². The van der Waals surface area contributed by atoms with Gasteiger partial charge in [0.2, 0.25) is 0 Å². The lowest BCUT2D eigenvalue weighted by molar-refractivity contribution is 0.220. The second-order valence-electron chi connectivity index (χ2n) is 11.6. The number of fused-ring (bicyclic) bond motifs is 6. The molecule has 36 heavy (non-hydrogen) atoms. The molecular weight excluding hydrogens is 469 g/mol. The highest BCUT2D eigenvalue weighted by molar-refractivity contribution is 6.72. The summed E-state index contributed by atoms with van der Waals surface area (Å²) in [5.41, 5.74) is 14.5. The van der Waals surface area contributed by atoms with Gasteiger partial charge in [0.15, 0.2) is 8.32 Å². The summed E-state index contributed by atoms with van der Waals surface area (Å²) < 4.78 is 6.77. The van der Waals surface area contributed by atoms with E-state index in [0.29, 0.717) is 0 Å². The minimum Gasteiger partial charge on any atom is -0.411 e. The number of benzene rings is 4. The summed E-state index contributed by atoms with van der Waals surface area (Å²) in [4.78, 5) is 0. The van der Waals surface area contributed by atoms with Gasteiger partial charge in [0.25, 0.3) is 0 Å². The standard InChI is InChI=1S/C33H35OSi2/c1-21(34-36(4,5)6)28-20-29-23-14-8-7-13-22(23)19-30(29)32(33(28)35(2)3)31-26-17-11-9-15-24(26)25-16-10-12-18-27(25)31/h7-18,20-21,31H,19H2,1-6H3. The third-order valence-electron chi connectivity index (χ3n) is 7.77. The first-order valence-electron chi connectivity index (χ1n) is 13.2. The lowest BCUT2D eigenvalue weighted by Crippen LogP contribution is -2.37. The fourth-order valence-corrected chi connectivity index (χ4v) is 9.46. The lowest BCUT2D eigenvalue weighted by Gasteiger charge is -2.31.